The molecule has 0 atom stereocenters. The minimum atomic E-state index is 0.888. The average molecular weight is 374 g/mol. The Labute approximate surface area is 142 Å². The van der Waals surface area contributed by atoms with Crippen molar-refractivity contribution in [2.75, 3.05) is 0 Å². The number of hydrogen-bond donors (Lipinski definition) is 0. The number of hydrogen-bond acceptors (Lipinski definition) is 3. The highest BCUT2D eigenvalue weighted by Gasteiger charge is 2.11. The molecule has 3 rings (SSSR count). The summed E-state index contributed by atoms with van der Waals surface area (Å²) in [6.07, 6.45) is 0. The number of halogens is 1. The van der Waals surface area contributed by atoms with Crippen LogP contribution in [0.25, 0.3) is 11.4 Å². The molecule has 0 aliphatic carbocycles. The molecule has 5 heteroatoms. The first kappa shape index (κ1) is 15.3. The second-order valence-electron chi connectivity index (χ2n) is 5.15. The summed E-state index contributed by atoms with van der Waals surface area (Å²) in [6.45, 7) is 2.11. The quantitative estimate of drug-likeness (QED) is 0.612. The van der Waals surface area contributed by atoms with Gasteiger partial charge in [0.2, 0.25) is 0 Å². The van der Waals surface area contributed by atoms with E-state index in [1.165, 1.54) is 11.1 Å². The van der Waals surface area contributed by atoms with Crippen molar-refractivity contribution in [3.63, 3.8) is 0 Å². The minimum Gasteiger partial charge on any atom is -0.305 e. The molecular weight excluding hydrogens is 358 g/mol. The van der Waals surface area contributed by atoms with Crippen LogP contribution < -0.4 is 0 Å². The van der Waals surface area contributed by atoms with Gasteiger partial charge in [-0.1, -0.05) is 69.7 Å². The fourth-order valence-electron chi connectivity index (χ4n) is 2.24. The van der Waals surface area contributed by atoms with Crippen molar-refractivity contribution < 1.29 is 0 Å². The molecule has 0 amide bonds. The van der Waals surface area contributed by atoms with Crippen molar-refractivity contribution in [2.45, 2.75) is 17.8 Å². The molecule has 2 aromatic carbocycles. The van der Waals surface area contributed by atoms with Gasteiger partial charge < -0.3 is 4.57 Å². The van der Waals surface area contributed by atoms with Crippen LogP contribution in [-0.4, -0.2) is 14.8 Å². The summed E-state index contributed by atoms with van der Waals surface area (Å²) in [4.78, 5) is 0. The maximum atomic E-state index is 4.32. The summed E-state index contributed by atoms with van der Waals surface area (Å²) in [5.41, 5.74) is 3.66. The van der Waals surface area contributed by atoms with Crippen LogP contribution in [0.5, 0.6) is 0 Å². The highest BCUT2D eigenvalue weighted by atomic mass is 79.9. The Hall–Kier alpha value is -1.59. The van der Waals surface area contributed by atoms with Gasteiger partial charge in [0.25, 0.3) is 0 Å². The third kappa shape index (κ3) is 3.42. The van der Waals surface area contributed by atoms with Crippen molar-refractivity contribution in [3.05, 3.63) is 64.1 Å². The largest absolute Gasteiger partial charge is 0.305 e. The van der Waals surface area contributed by atoms with Crippen molar-refractivity contribution in [1.82, 2.24) is 14.8 Å². The third-order valence-electron chi connectivity index (χ3n) is 3.39. The number of aryl methyl sites for hydroxylation is 1. The van der Waals surface area contributed by atoms with Gasteiger partial charge in [-0.05, 0) is 24.6 Å². The Bertz CT molecular complexity index is 781. The summed E-state index contributed by atoms with van der Waals surface area (Å²) >= 11 is 5.16. The van der Waals surface area contributed by atoms with Crippen LogP contribution in [0.3, 0.4) is 0 Å². The summed E-state index contributed by atoms with van der Waals surface area (Å²) in [7, 11) is 2.01. The second-order valence-corrected chi connectivity index (χ2v) is 7.01. The average Bonchev–Trinajstić information content (AvgIpc) is 2.87. The van der Waals surface area contributed by atoms with E-state index in [4.69, 9.17) is 0 Å². The Balaban J connectivity index is 1.77. The van der Waals surface area contributed by atoms with Crippen LogP contribution in [0.2, 0.25) is 0 Å². The molecule has 0 unspecified atom stereocenters. The van der Waals surface area contributed by atoms with E-state index in [1.807, 2.05) is 35.9 Å². The van der Waals surface area contributed by atoms with Gasteiger partial charge in [0.1, 0.15) is 0 Å². The number of nitrogens with zero attached hydrogens (tertiary/aromatic N) is 3. The molecule has 0 aliphatic rings. The maximum Gasteiger partial charge on any atom is 0.191 e. The van der Waals surface area contributed by atoms with E-state index in [-0.39, 0.29) is 0 Å². The fourth-order valence-corrected chi connectivity index (χ4v) is 3.36. The van der Waals surface area contributed by atoms with E-state index in [0.29, 0.717) is 0 Å². The van der Waals surface area contributed by atoms with Crippen molar-refractivity contribution >= 4 is 27.7 Å². The summed E-state index contributed by atoms with van der Waals surface area (Å²) < 4.78 is 3.11. The van der Waals surface area contributed by atoms with Gasteiger partial charge in [0, 0.05) is 22.8 Å². The van der Waals surface area contributed by atoms with E-state index >= 15 is 0 Å². The lowest BCUT2D eigenvalue weighted by atomic mass is 10.2. The smallest absolute Gasteiger partial charge is 0.191 e. The van der Waals surface area contributed by atoms with Crippen LogP contribution in [-0.2, 0) is 12.8 Å². The lowest BCUT2D eigenvalue weighted by molar-refractivity contribution is 0.794. The molecule has 1 aromatic heterocycles. The molecule has 0 N–H and O–H groups in total. The second kappa shape index (κ2) is 6.67. The van der Waals surface area contributed by atoms with Gasteiger partial charge in [0.05, 0.1) is 0 Å². The Morgan fingerprint density at radius 3 is 2.59 bits per heavy atom. The Morgan fingerprint density at radius 1 is 1.09 bits per heavy atom. The van der Waals surface area contributed by atoms with Gasteiger partial charge in [-0.15, -0.1) is 10.2 Å². The summed E-state index contributed by atoms with van der Waals surface area (Å²) in [6, 6.07) is 16.7. The molecule has 0 radical (unpaired) electrons. The zero-order valence-corrected chi connectivity index (χ0v) is 14.9. The molecule has 1 heterocycles. The Kier molecular flexibility index (Phi) is 4.64. The molecule has 0 saturated carbocycles. The van der Waals surface area contributed by atoms with Gasteiger partial charge in [-0.25, -0.2) is 0 Å². The lowest BCUT2D eigenvalue weighted by Crippen LogP contribution is -1.95. The first-order chi connectivity index (χ1) is 10.6. The molecule has 112 valence electrons. The van der Waals surface area contributed by atoms with Gasteiger partial charge >= 0.3 is 0 Å². The van der Waals surface area contributed by atoms with Crippen LogP contribution in [0.15, 0.2) is 58.2 Å². The molecule has 0 fully saturated rings. The molecule has 0 saturated heterocycles. The molecule has 3 aromatic rings. The van der Waals surface area contributed by atoms with Crippen LogP contribution in [0, 0.1) is 6.92 Å². The highest BCUT2D eigenvalue weighted by molar-refractivity contribution is 9.10. The zero-order valence-electron chi connectivity index (χ0n) is 12.5. The minimum absolute atomic E-state index is 0.888. The molecule has 3 nitrogen and oxygen atoms in total. The monoisotopic (exact) mass is 373 g/mol. The Morgan fingerprint density at radius 2 is 1.86 bits per heavy atom. The molecular formula is C17H16BrN3S. The standard InChI is InChI=1S/C17H16BrN3S/c1-12-4-3-5-13(10-12)11-22-17-20-19-16(21(17)2)14-6-8-15(18)9-7-14/h3-10H,11H2,1-2H3. The van der Waals surface area contributed by atoms with E-state index < -0.39 is 0 Å². The number of rotatable bonds is 4. The van der Waals surface area contributed by atoms with Crippen molar-refractivity contribution in [2.24, 2.45) is 7.05 Å². The molecule has 0 bridgehead atoms. The fraction of sp³-hybridized carbons (Fsp3) is 0.176. The SMILES string of the molecule is Cc1cccc(CSc2nnc(-c3ccc(Br)cc3)n2C)c1. The summed E-state index contributed by atoms with van der Waals surface area (Å²) in [5.74, 6) is 1.79. The molecule has 0 aliphatic heterocycles. The van der Waals surface area contributed by atoms with Gasteiger partial charge in [0.15, 0.2) is 11.0 Å². The number of thioether (sulfide) groups is 1. The predicted octanol–water partition coefficient (Wildman–Crippen LogP) is 4.85. The predicted molar refractivity (Wildman–Crippen MR) is 94.9 cm³/mol. The lowest BCUT2D eigenvalue weighted by Gasteiger charge is -2.05. The van der Waals surface area contributed by atoms with E-state index in [9.17, 15) is 0 Å². The van der Waals surface area contributed by atoms with Crippen molar-refractivity contribution in [3.8, 4) is 11.4 Å². The van der Waals surface area contributed by atoms with Gasteiger partial charge in [-0.2, -0.15) is 0 Å². The van der Waals surface area contributed by atoms with Crippen LogP contribution >= 0.6 is 27.7 Å². The van der Waals surface area contributed by atoms with E-state index in [1.54, 1.807) is 11.8 Å². The first-order valence-electron chi connectivity index (χ1n) is 6.97. The van der Waals surface area contributed by atoms with Crippen LogP contribution in [0.1, 0.15) is 11.1 Å². The van der Waals surface area contributed by atoms with Gasteiger partial charge in [-0.3, -0.25) is 0 Å². The summed E-state index contributed by atoms with van der Waals surface area (Å²) in [5, 5.41) is 9.57. The van der Waals surface area contributed by atoms with Crippen molar-refractivity contribution in [1.29, 1.82) is 0 Å². The normalized spacial score (nSPS) is 10.9. The number of aromatic nitrogens is 3. The molecule has 22 heavy (non-hydrogen) atoms. The topological polar surface area (TPSA) is 30.7 Å². The number of benzene rings is 2. The first-order valence-corrected chi connectivity index (χ1v) is 8.75. The molecule has 0 spiro atoms. The van der Waals surface area contributed by atoms with E-state index in [0.717, 1.165) is 26.8 Å². The van der Waals surface area contributed by atoms with E-state index in [2.05, 4.69) is 57.3 Å². The third-order valence-corrected chi connectivity index (χ3v) is 5.01. The van der Waals surface area contributed by atoms with Crippen LogP contribution in [0.4, 0.5) is 0 Å². The maximum absolute atomic E-state index is 4.32. The highest BCUT2D eigenvalue weighted by Crippen LogP contribution is 2.26. The zero-order chi connectivity index (χ0) is 15.5.